The second-order valence-corrected chi connectivity index (χ2v) is 5.78. The third-order valence-corrected chi connectivity index (χ3v) is 3.47. The van der Waals surface area contributed by atoms with E-state index in [0.29, 0.717) is 13.0 Å². The Hall–Kier alpha value is -2.77. The monoisotopic (exact) mass is 388 g/mol. The average molecular weight is 388 g/mol. The molecule has 0 saturated carbocycles. The van der Waals surface area contributed by atoms with Crippen molar-refractivity contribution in [2.24, 2.45) is 11.5 Å². The minimum absolute atomic E-state index is 0.129. The number of rotatable bonds is 11. The standard InChI is InChI=1S/C14H24N6O7/c1-6(21)10(13(23)24)18-14(25)17-8(5-9(16)22)12-19-11(20-27-12)7(15)3-4-26-2/h6-8,10,21H,3-5,15H2,1-2H3,(H2,16,22)(H,23,24)(H2,17,18,25)/t6?,7-,8-,10-/m0/s1. The van der Waals surface area contributed by atoms with Crippen LogP contribution in [0.3, 0.4) is 0 Å². The number of amides is 3. The maximum atomic E-state index is 12.0. The summed E-state index contributed by atoms with van der Waals surface area (Å²) in [5.41, 5.74) is 11.0. The number of aliphatic carboxylic acids is 1. The number of primary amides is 1. The number of nitrogens with two attached hydrogens (primary N) is 2. The zero-order chi connectivity index (χ0) is 20.6. The van der Waals surface area contributed by atoms with Crippen molar-refractivity contribution >= 4 is 17.9 Å². The fraction of sp³-hybridized carbons (Fsp3) is 0.643. The van der Waals surface area contributed by atoms with E-state index in [4.69, 9.17) is 25.8 Å². The molecule has 1 heterocycles. The van der Waals surface area contributed by atoms with E-state index in [1.807, 2.05) is 0 Å². The number of ether oxygens (including phenoxy) is 1. The smallest absolute Gasteiger partial charge is 0.328 e. The number of aliphatic hydroxyl groups excluding tert-OH is 1. The predicted octanol–water partition coefficient (Wildman–Crippen LogP) is -1.84. The molecule has 0 spiro atoms. The van der Waals surface area contributed by atoms with Crippen LogP contribution in [0.4, 0.5) is 4.79 Å². The van der Waals surface area contributed by atoms with Crippen molar-refractivity contribution in [2.75, 3.05) is 13.7 Å². The Balaban J connectivity index is 2.87. The summed E-state index contributed by atoms with van der Waals surface area (Å²) in [6.45, 7) is 1.57. The van der Waals surface area contributed by atoms with Crippen LogP contribution in [-0.4, -0.2) is 64.1 Å². The van der Waals surface area contributed by atoms with Crippen LogP contribution in [0.2, 0.25) is 0 Å². The van der Waals surface area contributed by atoms with Gasteiger partial charge in [-0.2, -0.15) is 4.98 Å². The van der Waals surface area contributed by atoms with E-state index in [1.54, 1.807) is 0 Å². The summed E-state index contributed by atoms with van der Waals surface area (Å²) in [5, 5.41) is 26.5. The molecular weight excluding hydrogens is 364 g/mol. The SMILES string of the molecule is COCC[C@H](N)c1noc([C@H](CC(N)=O)NC(=O)N[C@H](C(=O)O)C(C)O)n1. The van der Waals surface area contributed by atoms with Crippen molar-refractivity contribution in [1.29, 1.82) is 0 Å². The molecule has 0 aromatic carbocycles. The van der Waals surface area contributed by atoms with Crippen LogP contribution in [0.15, 0.2) is 4.52 Å². The molecule has 4 atom stereocenters. The fourth-order valence-corrected chi connectivity index (χ4v) is 2.04. The molecule has 0 saturated heterocycles. The van der Waals surface area contributed by atoms with E-state index < -0.39 is 42.1 Å². The first-order valence-electron chi connectivity index (χ1n) is 7.99. The summed E-state index contributed by atoms with van der Waals surface area (Å²) >= 11 is 0. The molecule has 0 radical (unpaired) electrons. The molecular formula is C14H24N6O7. The molecule has 8 N–H and O–H groups in total. The zero-order valence-electron chi connectivity index (χ0n) is 14.9. The first-order valence-corrected chi connectivity index (χ1v) is 7.99. The molecule has 3 amide bonds. The number of nitrogens with one attached hydrogen (secondary N) is 2. The van der Waals surface area contributed by atoms with Gasteiger partial charge in [0.05, 0.1) is 18.6 Å². The van der Waals surface area contributed by atoms with Crippen LogP contribution in [0, 0.1) is 0 Å². The van der Waals surface area contributed by atoms with Crippen molar-refractivity contribution in [3.8, 4) is 0 Å². The molecule has 0 bridgehead atoms. The van der Waals surface area contributed by atoms with Gasteiger partial charge in [0.1, 0.15) is 6.04 Å². The summed E-state index contributed by atoms with van der Waals surface area (Å²) in [6, 6.07) is -4.23. The lowest BCUT2D eigenvalue weighted by atomic mass is 10.2. The number of methoxy groups -OCH3 is 1. The molecule has 13 nitrogen and oxygen atoms in total. The first-order chi connectivity index (χ1) is 12.6. The molecule has 1 aromatic heterocycles. The van der Waals surface area contributed by atoms with E-state index in [0.717, 1.165) is 0 Å². The lowest BCUT2D eigenvalue weighted by Crippen LogP contribution is -2.52. The van der Waals surface area contributed by atoms with Crippen LogP contribution in [0.25, 0.3) is 0 Å². The molecule has 0 fully saturated rings. The summed E-state index contributed by atoms with van der Waals surface area (Å²) in [6.07, 6.45) is -1.32. The van der Waals surface area contributed by atoms with Gasteiger partial charge in [-0.1, -0.05) is 5.16 Å². The number of hydrogen-bond acceptors (Lipinski definition) is 9. The largest absolute Gasteiger partial charge is 0.480 e. The van der Waals surface area contributed by atoms with Gasteiger partial charge in [0.15, 0.2) is 11.9 Å². The second kappa shape index (κ2) is 10.4. The third kappa shape index (κ3) is 7.16. The van der Waals surface area contributed by atoms with Gasteiger partial charge in [0.25, 0.3) is 0 Å². The highest BCUT2D eigenvalue weighted by Crippen LogP contribution is 2.18. The Morgan fingerprint density at radius 3 is 2.52 bits per heavy atom. The molecule has 27 heavy (non-hydrogen) atoms. The van der Waals surface area contributed by atoms with Gasteiger partial charge in [0, 0.05) is 13.7 Å². The fourth-order valence-electron chi connectivity index (χ4n) is 2.04. The summed E-state index contributed by atoms with van der Waals surface area (Å²) in [4.78, 5) is 38.4. The number of aliphatic hydroxyl groups is 1. The number of carboxylic acid groups (broad SMARTS) is 1. The number of carbonyl (C=O) groups is 3. The Bertz CT molecular complexity index is 650. The topological polar surface area (TPSA) is 216 Å². The molecule has 1 unspecified atom stereocenters. The van der Waals surface area contributed by atoms with Crippen molar-refractivity contribution in [3.05, 3.63) is 11.7 Å². The van der Waals surface area contributed by atoms with Crippen LogP contribution < -0.4 is 22.1 Å². The Morgan fingerprint density at radius 1 is 1.33 bits per heavy atom. The van der Waals surface area contributed by atoms with Crippen LogP contribution in [0.5, 0.6) is 0 Å². The molecule has 152 valence electrons. The molecule has 0 aliphatic carbocycles. The van der Waals surface area contributed by atoms with E-state index in [1.165, 1.54) is 14.0 Å². The number of hydrogen-bond donors (Lipinski definition) is 6. The lowest BCUT2D eigenvalue weighted by Gasteiger charge is -2.19. The van der Waals surface area contributed by atoms with Gasteiger partial charge in [-0.3, -0.25) is 4.79 Å². The van der Waals surface area contributed by atoms with Crippen molar-refractivity contribution in [2.45, 2.75) is 44.0 Å². The van der Waals surface area contributed by atoms with Gasteiger partial charge < -0.3 is 41.6 Å². The van der Waals surface area contributed by atoms with Gasteiger partial charge in [-0.05, 0) is 13.3 Å². The van der Waals surface area contributed by atoms with Crippen LogP contribution >= 0.6 is 0 Å². The lowest BCUT2D eigenvalue weighted by molar-refractivity contribution is -0.141. The molecule has 0 aliphatic heterocycles. The first kappa shape index (κ1) is 22.3. The molecule has 0 aliphatic rings. The van der Waals surface area contributed by atoms with Gasteiger partial charge in [-0.25, -0.2) is 9.59 Å². The van der Waals surface area contributed by atoms with Crippen molar-refractivity contribution in [3.63, 3.8) is 0 Å². The quantitative estimate of drug-likeness (QED) is 0.249. The number of urea groups is 1. The third-order valence-electron chi connectivity index (χ3n) is 3.47. The van der Waals surface area contributed by atoms with Gasteiger partial charge >= 0.3 is 12.0 Å². The highest BCUT2D eigenvalue weighted by molar-refractivity contribution is 5.83. The molecule has 1 aromatic rings. The Labute approximate surface area is 154 Å². The number of aromatic nitrogens is 2. The maximum absolute atomic E-state index is 12.0. The van der Waals surface area contributed by atoms with Crippen molar-refractivity contribution < 1.29 is 33.9 Å². The Kier molecular flexibility index (Phi) is 8.58. The van der Waals surface area contributed by atoms with Crippen molar-refractivity contribution in [1.82, 2.24) is 20.8 Å². The normalized spacial score (nSPS) is 15.4. The van der Waals surface area contributed by atoms with E-state index >= 15 is 0 Å². The van der Waals surface area contributed by atoms with Crippen LogP contribution in [0.1, 0.15) is 43.6 Å². The zero-order valence-corrected chi connectivity index (χ0v) is 14.9. The summed E-state index contributed by atoms with van der Waals surface area (Å²) in [5.74, 6) is -2.19. The second-order valence-electron chi connectivity index (χ2n) is 5.78. The average Bonchev–Trinajstić information content (AvgIpc) is 3.06. The van der Waals surface area contributed by atoms with E-state index in [9.17, 15) is 19.5 Å². The number of nitrogens with zero attached hydrogens (tertiary/aromatic N) is 2. The number of carboxylic acids is 1. The van der Waals surface area contributed by atoms with Gasteiger partial charge in [-0.15, -0.1) is 0 Å². The highest BCUT2D eigenvalue weighted by atomic mass is 16.5. The highest BCUT2D eigenvalue weighted by Gasteiger charge is 2.29. The Morgan fingerprint density at radius 2 is 2.00 bits per heavy atom. The van der Waals surface area contributed by atoms with E-state index in [2.05, 4.69) is 20.8 Å². The minimum atomic E-state index is -1.56. The minimum Gasteiger partial charge on any atom is -0.480 e. The predicted molar refractivity (Wildman–Crippen MR) is 89.0 cm³/mol. The molecule has 13 heteroatoms. The molecule has 1 rings (SSSR count). The van der Waals surface area contributed by atoms with Gasteiger partial charge in [0.2, 0.25) is 11.8 Å². The summed E-state index contributed by atoms with van der Waals surface area (Å²) < 4.78 is 9.94. The summed E-state index contributed by atoms with van der Waals surface area (Å²) in [7, 11) is 1.51. The van der Waals surface area contributed by atoms with E-state index in [-0.39, 0.29) is 18.1 Å². The number of carbonyl (C=O) groups excluding carboxylic acids is 2. The van der Waals surface area contributed by atoms with Crippen LogP contribution in [-0.2, 0) is 14.3 Å². The maximum Gasteiger partial charge on any atom is 0.328 e.